The fourth-order valence-corrected chi connectivity index (χ4v) is 1.68. The standard InChI is InChI=1S/C13H13ClN2O2/c1-16(9-12-6-3-7-18-12)13(17)15-11-5-2-4-10(14)8-11/h2-8H,9H2,1H3,(H,15,17). The van der Waals surface area contributed by atoms with E-state index in [1.165, 1.54) is 4.90 Å². The highest BCUT2D eigenvalue weighted by Gasteiger charge is 2.10. The Labute approximate surface area is 110 Å². The van der Waals surface area contributed by atoms with Crippen LogP contribution in [0.1, 0.15) is 5.76 Å². The van der Waals surface area contributed by atoms with E-state index in [0.29, 0.717) is 17.3 Å². The molecular formula is C13H13ClN2O2. The van der Waals surface area contributed by atoms with E-state index < -0.39 is 0 Å². The molecule has 0 bridgehead atoms. The summed E-state index contributed by atoms with van der Waals surface area (Å²) < 4.78 is 5.18. The van der Waals surface area contributed by atoms with Gasteiger partial charge < -0.3 is 14.6 Å². The van der Waals surface area contributed by atoms with Crippen molar-refractivity contribution in [1.29, 1.82) is 0 Å². The van der Waals surface area contributed by atoms with Crippen molar-refractivity contribution in [2.75, 3.05) is 12.4 Å². The number of benzene rings is 1. The van der Waals surface area contributed by atoms with Gasteiger partial charge in [-0.2, -0.15) is 0 Å². The minimum atomic E-state index is -0.214. The van der Waals surface area contributed by atoms with Gasteiger partial charge in [0.15, 0.2) is 0 Å². The first-order valence-electron chi connectivity index (χ1n) is 5.45. The number of rotatable bonds is 3. The van der Waals surface area contributed by atoms with Crippen molar-refractivity contribution in [3.63, 3.8) is 0 Å². The van der Waals surface area contributed by atoms with Gasteiger partial charge in [0.2, 0.25) is 0 Å². The zero-order valence-corrected chi connectivity index (χ0v) is 10.6. The molecule has 2 aromatic rings. The third-order valence-corrected chi connectivity index (χ3v) is 2.63. The van der Waals surface area contributed by atoms with Crippen molar-refractivity contribution in [3.8, 4) is 0 Å². The van der Waals surface area contributed by atoms with E-state index in [0.717, 1.165) is 5.76 Å². The van der Waals surface area contributed by atoms with Crippen LogP contribution in [0.4, 0.5) is 10.5 Å². The Hall–Kier alpha value is -1.94. The van der Waals surface area contributed by atoms with Crippen LogP contribution in [-0.2, 0) is 6.54 Å². The number of carbonyl (C=O) groups excluding carboxylic acids is 1. The zero-order chi connectivity index (χ0) is 13.0. The molecule has 1 aromatic heterocycles. The maximum absolute atomic E-state index is 11.9. The highest BCUT2D eigenvalue weighted by molar-refractivity contribution is 6.30. The van der Waals surface area contributed by atoms with Gasteiger partial charge in [0.25, 0.3) is 0 Å². The molecular weight excluding hydrogens is 252 g/mol. The lowest BCUT2D eigenvalue weighted by molar-refractivity contribution is 0.217. The Balaban J connectivity index is 1.95. The second-order valence-corrected chi connectivity index (χ2v) is 4.31. The number of furan rings is 1. The SMILES string of the molecule is CN(Cc1ccco1)C(=O)Nc1cccc(Cl)c1. The van der Waals surface area contributed by atoms with E-state index in [1.54, 1.807) is 43.6 Å². The van der Waals surface area contributed by atoms with Gasteiger partial charge in [-0.3, -0.25) is 0 Å². The topological polar surface area (TPSA) is 45.5 Å². The van der Waals surface area contributed by atoms with Gasteiger partial charge in [0, 0.05) is 17.8 Å². The van der Waals surface area contributed by atoms with Gasteiger partial charge in [-0.25, -0.2) is 4.79 Å². The molecule has 0 spiro atoms. The molecule has 94 valence electrons. The number of anilines is 1. The number of hydrogen-bond acceptors (Lipinski definition) is 2. The summed E-state index contributed by atoms with van der Waals surface area (Å²) in [6.07, 6.45) is 1.58. The zero-order valence-electron chi connectivity index (χ0n) is 9.89. The number of amides is 2. The van der Waals surface area contributed by atoms with E-state index >= 15 is 0 Å². The fourth-order valence-electron chi connectivity index (χ4n) is 1.49. The molecule has 0 saturated carbocycles. The summed E-state index contributed by atoms with van der Waals surface area (Å²) in [5, 5.41) is 3.34. The molecule has 1 N–H and O–H groups in total. The summed E-state index contributed by atoms with van der Waals surface area (Å²) in [7, 11) is 1.70. The van der Waals surface area contributed by atoms with E-state index in [-0.39, 0.29) is 6.03 Å². The molecule has 5 heteroatoms. The molecule has 2 amide bonds. The number of nitrogens with zero attached hydrogens (tertiary/aromatic N) is 1. The summed E-state index contributed by atoms with van der Waals surface area (Å²) >= 11 is 5.84. The molecule has 18 heavy (non-hydrogen) atoms. The summed E-state index contributed by atoms with van der Waals surface area (Å²) in [5.74, 6) is 0.735. The van der Waals surface area contributed by atoms with Crippen LogP contribution in [0.2, 0.25) is 5.02 Å². The number of nitrogens with one attached hydrogen (secondary N) is 1. The van der Waals surface area contributed by atoms with Crippen LogP contribution in [0, 0.1) is 0 Å². The maximum Gasteiger partial charge on any atom is 0.321 e. The lowest BCUT2D eigenvalue weighted by Crippen LogP contribution is -2.30. The average Bonchev–Trinajstić information content (AvgIpc) is 2.81. The van der Waals surface area contributed by atoms with Crippen molar-refractivity contribution >= 4 is 23.3 Å². The average molecular weight is 265 g/mol. The first kappa shape index (κ1) is 12.5. The number of halogens is 1. The lowest BCUT2D eigenvalue weighted by Gasteiger charge is -2.16. The van der Waals surface area contributed by atoms with Gasteiger partial charge in [0.05, 0.1) is 12.8 Å². The quantitative estimate of drug-likeness (QED) is 0.921. The molecule has 0 saturated heterocycles. The van der Waals surface area contributed by atoms with Gasteiger partial charge in [-0.1, -0.05) is 17.7 Å². The smallest absolute Gasteiger partial charge is 0.321 e. The monoisotopic (exact) mass is 264 g/mol. The fraction of sp³-hybridized carbons (Fsp3) is 0.154. The highest BCUT2D eigenvalue weighted by Crippen LogP contribution is 2.15. The molecule has 1 heterocycles. The number of carbonyl (C=O) groups is 1. The van der Waals surface area contributed by atoms with Crippen molar-refractivity contribution in [2.45, 2.75) is 6.54 Å². The van der Waals surface area contributed by atoms with E-state index in [2.05, 4.69) is 5.32 Å². The second kappa shape index (κ2) is 5.60. The van der Waals surface area contributed by atoms with Crippen molar-refractivity contribution in [1.82, 2.24) is 4.90 Å². The summed E-state index contributed by atoms with van der Waals surface area (Å²) in [6, 6.07) is 10.4. The van der Waals surface area contributed by atoms with E-state index in [1.807, 2.05) is 6.07 Å². The van der Waals surface area contributed by atoms with E-state index in [9.17, 15) is 4.79 Å². The molecule has 2 rings (SSSR count). The number of hydrogen-bond donors (Lipinski definition) is 1. The van der Waals surface area contributed by atoms with E-state index in [4.69, 9.17) is 16.0 Å². The van der Waals surface area contributed by atoms with Crippen LogP contribution in [0.5, 0.6) is 0 Å². The predicted molar refractivity (Wildman–Crippen MR) is 70.6 cm³/mol. The third-order valence-electron chi connectivity index (χ3n) is 2.40. The van der Waals surface area contributed by atoms with Crippen LogP contribution in [0.15, 0.2) is 47.1 Å². The largest absolute Gasteiger partial charge is 0.467 e. The molecule has 0 aliphatic rings. The minimum Gasteiger partial charge on any atom is -0.467 e. The van der Waals surface area contributed by atoms with Gasteiger partial charge >= 0.3 is 6.03 Å². The maximum atomic E-state index is 11.9. The minimum absolute atomic E-state index is 0.214. The molecule has 0 aliphatic heterocycles. The molecule has 0 radical (unpaired) electrons. The Bertz CT molecular complexity index is 526. The molecule has 0 unspecified atom stereocenters. The summed E-state index contributed by atoms with van der Waals surface area (Å²) in [5.41, 5.74) is 0.666. The Kier molecular flexibility index (Phi) is 3.89. The summed E-state index contributed by atoms with van der Waals surface area (Å²) in [4.78, 5) is 13.4. The van der Waals surface area contributed by atoms with Crippen LogP contribution < -0.4 is 5.32 Å². The third kappa shape index (κ3) is 3.28. The van der Waals surface area contributed by atoms with Crippen LogP contribution in [0.3, 0.4) is 0 Å². The van der Waals surface area contributed by atoms with Crippen LogP contribution in [-0.4, -0.2) is 18.0 Å². The summed E-state index contributed by atoms with van der Waals surface area (Å²) in [6.45, 7) is 0.416. The molecule has 4 nitrogen and oxygen atoms in total. The van der Waals surface area contributed by atoms with Crippen LogP contribution >= 0.6 is 11.6 Å². The first-order chi connectivity index (χ1) is 8.65. The van der Waals surface area contributed by atoms with Crippen molar-refractivity contribution in [2.24, 2.45) is 0 Å². The van der Waals surface area contributed by atoms with Crippen molar-refractivity contribution < 1.29 is 9.21 Å². The molecule has 0 aliphatic carbocycles. The number of urea groups is 1. The molecule has 0 atom stereocenters. The Morgan fingerprint density at radius 2 is 2.22 bits per heavy atom. The van der Waals surface area contributed by atoms with Crippen LogP contribution in [0.25, 0.3) is 0 Å². The molecule has 1 aromatic carbocycles. The van der Waals surface area contributed by atoms with Gasteiger partial charge in [-0.05, 0) is 30.3 Å². The second-order valence-electron chi connectivity index (χ2n) is 3.88. The first-order valence-corrected chi connectivity index (χ1v) is 5.83. The molecule has 0 fully saturated rings. The normalized spacial score (nSPS) is 10.1. The van der Waals surface area contributed by atoms with Crippen molar-refractivity contribution in [3.05, 3.63) is 53.4 Å². The highest BCUT2D eigenvalue weighted by atomic mass is 35.5. The lowest BCUT2D eigenvalue weighted by atomic mass is 10.3. The Morgan fingerprint density at radius 3 is 2.89 bits per heavy atom. The van der Waals surface area contributed by atoms with Gasteiger partial charge in [0.1, 0.15) is 5.76 Å². The van der Waals surface area contributed by atoms with Gasteiger partial charge in [-0.15, -0.1) is 0 Å². The Morgan fingerprint density at radius 1 is 1.39 bits per heavy atom. The predicted octanol–water partition coefficient (Wildman–Crippen LogP) is 3.60.